The minimum absolute atomic E-state index is 0.0824. The van der Waals surface area contributed by atoms with Crippen LogP contribution in [0, 0.1) is 5.92 Å². The van der Waals surface area contributed by atoms with Gasteiger partial charge in [-0.3, -0.25) is 9.59 Å². The topological polar surface area (TPSA) is 87.7 Å². The molecule has 0 aliphatic carbocycles. The van der Waals surface area contributed by atoms with Gasteiger partial charge in [0.1, 0.15) is 18.5 Å². The molecule has 3 N–H and O–H groups in total. The Bertz CT molecular complexity index is 585. The molecular weight excluding hydrogens is 320 g/mol. The van der Waals surface area contributed by atoms with Gasteiger partial charge in [0, 0.05) is 24.7 Å². The second-order valence-corrected chi connectivity index (χ2v) is 6.94. The average Bonchev–Trinajstić information content (AvgIpc) is 2.50. The lowest BCUT2D eigenvalue weighted by atomic mass is 10.1. The van der Waals surface area contributed by atoms with E-state index in [1.54, 1.807) is 18.2 Å². The van der Waals surface area contributed by atoms with Crippen molar-refractivity contribution >= 4 is 17.4 Å². The smallest absolute Gasteiger partial charge is 0.224 e. The van der Waals surface area contributed by atoms with Crippen molar-refractivity contribution in [3.05, 3.63) is 23.8 Å². The number of nitrogens with one attached hydrogen (secondary N) is 2. The zero-order valence-electron chi connectivity index (χ0n) is 15.8. The van der Waals surface area contributed by atoms with Gasteiger partial charge in [-0.25, -0.2) is 0 Å². The number of rotatable bonds is 10. The molecule has 0 spiro atoms. The number of ketones is 1. The highest BCUT2D eigenvalue weighted by molar-refractivity contribution is 5.99. The number of aliphatic hydroxyl groups excluding tert-OH is 1. The summed E-state index contributed by atoms with van der Waals surface area (Å²) in [6.45, 7) is 9.86. The van der Waals surface area contributed by atoms with Crippen LogP contribution in [0.4, 0.5) is 5.69 Å². The molecule has 0 aliphatic heterocycles. The molecule has 0 saturated heterocycles. The van der Waals surface area contributed by atoms with Gasteiger partial charge in [0.15, 0.2) is 5.78 Å². The Morgan fingerprint density at radius 2 is 1.88 bits per heavy atom. The second kappa shape index (κ2) is 10.2. The summed E-state index contributed by atoms with van der Waals surface area (Å²) in [6, 6.07) is 5.22. The number of Topliss-reactive ketones (excluding diaryl/α,β-unsaturated/α-hetero) is 1. The third kappa shape index (κ3) is 8.14. The number of benzene rings is 1. The fourth-order valence-electron chi connectivity index (χ4n) is 2.21. The summed E-state index contributed by atoms with van der Waals surface area (Å²) in [5.41, 5.74) is 0.941. The molecule has 1 rings (SSSR count). The Hall–Kier alpha value is -1.92. The summed E-state index contributed by atoms with van der Waals surface area (Å²) in [4.78, 5) is 23.7. The van der Waals surface area contributed by atoms with Crippen molar-refractivity contribution in [1.29, 1.82) is 0 Å². The van der Waals surface area contributed by atoms with Crippen LogP contribution in [0.1, 0.15) is 51.4 Å². The zero-order valence-corrected chi connectivity index (χ0v) is 15.8. The molecule has 0 heterocycles. The van der Waals surface area contributed by atoms with E-state index in [2.05, 4.69) is 10.6 Å². The normalized spacial score (nSPS) is 12.3. The Balaban J connectivity index is 2.74. The van der Waals surface area contributed by atoms with Crippen molar-refractivity contribution in [3.8, 4) is 5.75 Å². The number of carbonyl (C=O) groups is 2. The summed E-state index contributed by atoms with van der Waals surface area (Å²) in [6.07, 6.45) is -0.254. The summed E-state index contributed by atoms with van der Waals surface area (Å²) in [5, 5.41) is 15.8. The standard InChI is InChI=1S/C19H30N2O4/c1-12(2)8-19(24)21-15-6-7-18(17(9-15)14(5)22)25-11-16(23)10-20-13(3)4/h6-7,9,12-13,16,20,23H,8,10-11H2,1-5H3,(H,21,24). The maximum absolute atomic E-state index is 11.9. The van der Waals surface area contributed by atoms with E-state index in [1.807, 2.05) is 27.7 Å². The van der Waals surface area contributed by atoms with Gasteiger partial charge in [-0.05, 0) is 31.0 Å². The van der Waals surface area contributed by atoms with Crippen LogP contribution in [0.15, 0.2) is 18.2 Å². The van der Waals surface area contributed by atoms with E-state index in [0.29, 0.717) is 30.0 Å². The molecule has 0 aliphatic rings. The van der Waals surface area contributed by atoms with Crippen LogP contribution in [-0.2, 0) is 4.79 Å². The molecule has 1 amide bonds. The van der Waals surface area contributed by atoms with Crippen LogP contribution >= 0.6 is 0 Å². The monoisotopic (exact) mass is 350 g/mol. The number of carbonyl (C=O) groups excluding carboxylic acids is 2. The van der Waals surface area contributed by atoms with E-state index >= 15 is 0 Å². The minimum atomic E-state index is -0.673. The van der Waals surface area contributed by atoms with Crippen LogP contribution in [0.2, 0.25) is 0 Å². The third-order valence-electron chi connectivity index (χ3n) is 3.43. The number of aliphatic hydroxyl groups is 1. The molecule has 6 heteroatoms. The number of anilines is 1. The summed E-state index contributed by atoms with van der Waals surface area (Å²) in [5.74, 6) is 0.409. The molecule has 1 aromatic carbocycles. The average molecular weight is 350 g/mol. The lowest BCUT2D eigenvalue weighted by molar-refractivity contribution is -0.116. The molecule has 0 fully saturated rings. The molecule has 1 unspecified atom stereocenters. The van der Waals surface area contributed by atoms with E-state index in [4.69, 9.17) is 4.74 Å². The van der Waals surface area contributed by atoms with Crippen LogP contribution in [0.5, 0.6) is 5.75 Å². The molecular formula is C19H30N2O4. The highest BCUT2D eigenvalue weighted by Gasteiger charge is 2.14. The van der Waals surface area contributed by atoms with E-state index < -0.39 is 6.10 Å². The third-order valence-corrected chi connectivity index (χ3v) is 3.43. The molecule has 25 heavy (non-hydrogen) atoms. The lowest BCUT2D eigenvalue weighted by Crippen LogP contribution is -2.35. The van der Waals surface area contributed by atoms with Gasteiger partial charge in [0.25, 0.3) is 0 Å². The first-order chi connectivity index (χ1) is 11.7. The number of amides is 1. The molecule has 0 bridgehead atoms. The van der Waals surface area contributed by atoms with Gasteiger partial charge in [-0.2, -0.15) is 0 Å². The van der Waals surface area contributed by atoms with E-state index in [0.717, 1.165) is 0 Å². The molecule has 1 aromatic rings. The van der Waals surface area contributed by atoms with Crippen molar-refractivity contribution in [1.82, 2.24) is 5.32 Å². The predicted molar refractivity (Wildman–Crippen MR) is 99.2 cm³/mol. The first-order valence-electron chi connectivity index (χ1n) is 8.68. The van der Waals surface area contributed by atoms with Gasteiger partial charge >= 0.3 is 0 Å². The van der Waals surface area contributed by atoms with Crippen molar-refractivity contribution < 1.29 is 19.4 Å². The fraction of sp³-hybridized carbons (Fsp3) is 0.579. The maximum atomic E-state index is 11.9. The van der Waals surface area contributed by atoms with Gasteiger partial charge < -0.3 is 20.5 Å². The van der Waals surface area contributed by atoms with Crippen LogP contribution in [0.3, 0.4) is 0 Å². The van der Waals surface area contributed by atoms with Gasteiger partial charge in [0.05, 0.1) is 5.56 Å². The first kappa shape index (κ1) is 21.1. The Labute approximate surface area is 150 Å². The zero-order chi connectivity index (χ0) is 19.0. The molecule has 0 aromatic heterocycles. The molecule has 0 radical (unpaired) electrons. The Morgan fingerprint density at radius 1 is 1.20 bits per heavy atom. The van der Waals surface area contributed by atoms with Crippen molar-refractivity contribution in [2.45, 2.75) is 53.2 Å². The van der Waals surface area contributed by atoms with Crippen LogP contribution in [-0.4, -0.2) is 42.1 Å². The quantitative estimate of drug-likeness (QED) is 0.565. The molecule has 140 valence electrons. The first-order valence-corrected chi connectivity index (χ1v) is 8.68. The van der Waals surface area contributed by atoms with Gasteiger partial charge in [0.2, 0.25) is 5.91 Å². The highest BCUT2D eigenvalue weighted by Crippen LogP contribution is 2.24. The molecule has 1 atom stereocenters. The van der Waals surface area contributed by atoms with E-state index in [1.165, 1.54) is 6.92 Å². The largest absolute Gasteiger partial charge is 0.490 e. The number of hydrogen-bond donors (Lipinski definition) is 3. The second-order valence-electron chi connectivity index (χ2n) is 6.94. The number of hydrogen-bond acceptors (Lipinski definition) is 5. The van der Waals surface area contributed by atoms with E-state index in [9.17, 15) is 14.7 Å². The Kier molecular flexibility index (Phi) is 8.58. The summed E-state index contributed by atoms with van der Waals surface area (Å²) < 4.78 is 5.59. The lowest BCUT2D eigenvalue weighted by Gasteiger charge is -2.17. The highest BCUT2D eigenvalue weighted by atomic mass is 16.5. The SMILES string of the molecule is CC(=O)c1cc(NC(=O)CC(C)C)ccc1OCC(O)CNC(C)C. The van der Waals surface area contributed by atoms with Gasteiger partial charge in [-0.1, -0.05) is 27.7 Å². The maximum Gasteiger partial charge on any atom is 0.224 e. The number of ether oxygens (including phenoxy) is 1. The predicted octanol–water partition coefficient (Wildman–Crippen LogP) is 2.61. The van der Waals surface area contributed by atoms with Crippen molar-refractivity contribution in [2.75, 3.05) is 18.5 Å². The van der Waals surface area contributed by atoms with Crippen molar-refractivity contribution in [3.63, 3.8) is 0 Å². The van der Waals surface area contributed by atoms with E-state index in [-0.39, 0.29) is 30.3 Å². The van der Waals surface area contributed by atoms with Gasteiger partial charge in [-0.15, -0.1) is 0 Å². The Morgan fingerprint density at radius 3 is 2.44 bits per heavy atom. The summed E-state index contributed by atoms with van der Waals surface area (Å²) >= 11 is 0. The van der Waals surface area contributed by atoms with Crippen molar-refractivity contribution in [2.24, 2.45) is 5.92 Å². The van der Waals surface area contributed by atoms with Crippen LogP contribution < -0.4 is 15.4 Å². The molecule has 6 nitrogen and oxygen atoms in total. The summed E-state index contributed by atoms with van der Waals surface area (Å²) in [7, 11) is 0. The minimum Gasteiger partial charge on any atom is -0.490 e. The van der Waals surface area contributed by atoms with Crippen LogP contribution in [0.25, 0.3) is 0 Å². The molecule has 0 saturated carbocycles. The fourth-order valence-corrected chi connectivity index (χ4v) is 2.21.